The third-order valence-electron chi connectivity index (χ3n) is 3.23. The summed E-state index contributed by atoms with van der Waals surface area (Å²) in [5, 5.41) is 19.9. The highest BCUT2D eigenvalue weighted by Gasteiger charge is 2.14. The van der Waals surface area contributed by atoms with E-state index in [1.807, 2.05) is 38.1 Å². The number of fused-ring (bicyclic) bond motifs is 1. The number of para-hydroxylation sites is 1. The molecule has 2 heterocycles. The molecule has 0 aliphatic rings. The Kier molecular flexibility index (Phi) is 3.50. The van der Waals surface area contributed by atoms with Gasteiger partial charge in [-0.25, -0.2) is 9.97 Å². The van der Waals surface area contributed by atoms with E-state index in [0.29, 0.717) is 10.6 Å². The first-order chi connectivity index (χ1) is 10.2. The summed E-state index contributed by atoms with van der Waals surface area (Å²) in [6.45, 7) is 3.72. The number of hydrogen-bond acceptors (Lipinski definition) is 6. The van der Waals surface area contributed by atoms with Crippen molar-refractivity contribution >= 4 is 22.7 Å². The van der Waals surface area contributed by atoms with Gasteiger partial charge in [-0.2, -0.15) is 10.4 Å². The molecule has 0 saturated carbocycles. The first-order valence-corrected chi connectivity index (χ1v) is 7.14. The molecule has 0 saturated heterocycles. The van der Waals surface area contributed by atoms with E-state index in [-0.39, 0.29) is 0 Å². The van der Waals surface area contributed by atoms with Crippen LogP contribution in [-0.2, 0) is 0 Å². The minimum Gasteiger partial charge on any atom is -0.236 e. The van der Waals surface area contributed by atoms with Crippen molar-refractivity contribution < 1.29 is 0 Å². The number of aryl methyl sites for hydroxylation is 1. The van der Waals surface area contributed by atoms with Gasteiger partial charge in [0.25, 0.3) is 0 Å². The lowest BCUT2D eigenvalue weighted by Gasteiger charge is -2.07. The first-order valence-electron chi connectivity index (χ1n) is 6.32. The second-order valence-corrected chi connectivity index (χ2v) is 5.48. The smallest absolute Gasteiger partial charge is 0.143 e. The zero-order chi connectivity index (χ0) is 14.8. The fraction of sp³-hybridized carbons (Fsp3) is 0.133. The predicted octanol–water partition coefficient (Wildman–Crippen LogP) is 3.06. The average Bonchev–Trinajstić information content (AvgIpc) is 2.52. The highest BCUT2D eigenvalue weighted by Crippen LogP contribution is 2.32. The number of benzene rings is 1. The van der Waals surface area contributed by atoms with E-state index in [1.165, 1.54) is 18.1 Å². The molecule has 1 aromatic carbocycles. The molecule has 3 aromatic rings. The summed E-state index contributed by atoms with van der Waals surface area (Å²) in [6, 6.07) is 9.96. The Morgan fingerprint density at radius 1 is 1.05 bits per heavy atom. The fourth-order valence-electron chi connectivity index (χ4n) is 1.94. The molecule has 3 rings (SSSR count). The summed E-state index contributed by atoms with van der Waals surface area (Å²) in [5.74, 6) is 0. The van der Waals surface area contributed by atoms with Crippen LogP contribution < -0.4 is 0 Å². The highest BCUT2D eigenvalue weighted by molar-refractivity contribution is 7.99. The van der Waals surface area contributed by atoms with Crippen molar-refractivity contribution in [2.24, 2.45) is 0 Å². The minimum atomic E-state index is 0.551. The number of aromatic nitrogens is 4. The molecular weight excluding hydrogens is 282 g/mol. The zero-order valence-corrected chi connectivity index (χ0v) is 12.3. The van der Waals surface area contributed by atoms with Crippen LogP contribution in [0, 0.1) is 25.2 Å². The molecule has 0 radical (unpaired) electrons. The van der Waals surface area contributed by atoms with E-state index in [9.17, 15) is 5.26 Å². The molecule has 0 aliphatic carbocycles. The molecule has 2 aromatic heterocycles. The molecule has 5 nitrogen and oxygen atoms in total. The summed E-state index contributed by atoms with van der Waals surface area (Å²) < 4.78 is 0. The van der Waals surface area contributed by atoms with Crippen LogP contribution >= 0.6 is 11.8 Å². The van der Waals surface area contributed by atoms with Crippen LogP contribution in [0.3, 0.4) is 0 Å². The second kappa shape index (κ2) is 5.46. The van der Waals surface area contributed by atoms with Crippen molar-refractivity contribution in [2.75, 3.05) is 0 Å². The Morgan fingerprint density at radius 2 is 1.86 bits per heavy atom. The molecule has 0 N–H and O–H groups in total. The molecule has 0 bridgehead atoms. The van der Waals surface area contributed by atoms with Crippen LogP contribution in [0.1, 0.15) is 16.8 Å². The molecule has 102 valence electrons. The van der Waals surface area contributed by atoms with Gasteiger partial charge in [0.15, 0.2) is 0 Å². The van der Waals surface area contributed by atoms with Gasteiger partial charge in [0.05, 0.1) is 16.8 Å². The van der Waals surface area contributed by atoms with Gasteiger partial charge < -0.3 is 0 Å². The van der Waals surface area contributed by atoms with Gasteiger partial charge in [-0.15, -0.1) is 5.10 Å². The van der Waals surface area contributed by atoms with E-state index in [2.05, 4.69) is 26.2 Å². The molecule has 0 amide bonds. The van der Waals surface area contributed by atoms with E-state index < -0.39 is 0 Å². The number of nitrogens with zero attached hydrogens (tertiary/aromatic N) is 5. The molecule has 6 heteroatoms. The standard InChI is InChI=1S/C15H11N5S/c1-9-10(2)19-20-15(12(9)7-16)21-14-11-5-3-4-6-13(11)17-8-18-14/h3-6,8H,1-2H3. The third kappa shape index (κ3) is 2.43. The van der Waals surface area contributed by atoms with Gasteiger partial charge in [0.2, 0.25) is 0 Å². The quantitative estimate of drug-likeness (QED) is 0.676. The molecule has 0 unspecified atom stereocenters. The summed E-state index contributed by atoms with van der Waals surface area (Å²) in [5.41, 5.74) is 3.04. The summed E-state index contributed by atoms with van der Waals surface area (Å²) >= 11 is 1.34. The summed E-state index contributed by atoms with van der Waals surface area (Å²) in [7, 11) is 0. The van der Waals surface area contributed by atoms with Crippen LogP contribution in [-0.4, -0.2) is 20.2 Å². The van der Waals surface area contributed by atoms with Gasteiger partial charge in [-0.1, -0.05) is 18.2 Å². The fourth-order valence-corrected chi connectivity index (χ4v) is 2.89. The number of nitriles is 1. The Morgan fingerprint density at radius 3 is 2.67 bits per heavy atom. The van der Waals surface area contributed by atoms with Crippen molar-refractivity contribution in [2.45, 2.75) is 23.9 Å². The Balaban J connectivity index is 2.12. The summed E-state index contributed by atoms with van der Waals surface area (Å²) in [6.07, 6.45) is 1.52. The molecular formula is C15H11N5S. The normalized spacial score (nSPS) is 10.5. The summed E-state index contributed by atoms with van der Waals surface area (Å²) in [4.78, 5) is 8.54. The van der Waals surface area contributed by atoms with Gasteiger partial charge in [-0.3, -0.25) is 0 Å². The van der Waals surface area contributed by atoms with Crippen molar-refractivity contribution in [1.29, 1.82) is 5.26 Å². The van der Waals surface area contributed by atoms with Crippen molar-refractivity contribution in [3.8, 4) is 6.07 Å². The second-order valence-electron chi connectivity index (χ2n) is 4.50. The van der Waals surface area contributed by atoms with Crippen LogP contribution in [0.4, 0.5) is 0 Å². The van der Waals surface area contributed by atoms with Crippen LogP contribution in [0.2, 0.25) is 0 Å². The highest BCUT2D eigenvalue weighted by atomic mass is 32.2. The minimum absolute atomic E-state index is 0.551. The maximum absolute atomic E-state index is 9.35. The lowest BCUT2D eigenvalue weighted by Crippen LogP contribution is -1.99. The van der Waals surface area contributed by atoms with E-state index in [4.69, 9.17) is 0 Å². The van der Waals surface area contributed by atoms with Crippen molar-refractivity contribution in [1.82, 2.24) is 20.2 Å². The van der Waals surface area contributed by atoms with E-state index in [1.54, 1.807) is 0 Å². The van der Waals surface area contributed by atoms with Crippen LogP contribution in [0.25, 0.3) is 10.9 Å². The van der Waals surface area contributed by atoms with Crippen molar-refractivity contribution in [3.05, 3.63) is 47.4 Å². The lowest BCUT2D eigenvalue weighted by molar-refractivity contribution is 0.869. The first kappa shape index (κ1) is 13.5. The van der Waals surface area contributed by atoms with Crippen molar-refractivity contribution in [3.63, 3.8) is 0 Å². The Bertz CT molecular complexity index is 864. The van der Waals surface area contributed by atoms with E-state index >= 15 is 0 Å². The van der Waals surface area contributed by atoms with Gasteiger partial charge in [0, 0.05) is 5.39 Å². The Hall–Kier alpha value is -2.52. The van der Waals surface area contributed by atoms with Crippen LogP contribution in [0.5, 0.6) is 0 Å². The monoisotopic (exact) mass is 293 g/mol. The molecule has 0 spiro atoms. The lowest BCUT2D eigenvalue weighted by atomic mass is 10.1. The number of hydrogen-bond donors (Lipinski definition) is 0. The van der Waals surface area contributed by atoms with E-state index in [0.717, 1.165) is 27.2 Å². The molecule has 21 heavy (non-hydrogen) atoms. The molecule has 0 fully saturated rings. The van der Waals surface area contributed by atoms with Crippen LogP contribution in [0.15, 0.2) is 40.6 Å². The molecule has 0 atom stereocenters. The number of rotatable bonds is 2. The average molecular weight is 293 g/mol. The van der Waals surface area contributed by atoms with Gasteiger partial charge in [0.1, 0.15) is 22.4 Å². The SMILES string of the molecule is Cc1nnc(Sc2ncnc3ccccc23)c(C#N)c1C. The zero-order valence-electron chi connectivity index (χ0n) is 11.5. The maximum atomic E-state index is 9.35. The van der Waals surface area contributed by atoms with Gasteiger partial charge >= 0.3 is 0 Å². The predicted molar refractivity (Wildman–Crippen MR) is 79.9 cm³/mol. The Labute approximate surface area is 126 Å². The third-order valence-corrected chi connectivity index (χ3v) is 4.23. The maximum Gasteiger partial charge on any atom is 0.143 e. The molecule has 0 aliphatic heterocycles. The largest absolute Gasteiger partial charge is 0.236 e. The topological polar surface area (TPSA) is 75.3 Å². The van der Waals surface area contributed by atoms with Gasteiger partial charge in [-0.05, 0) is 37.2 Å².